The number of aryl methyl sites for hydroxylation is 2. The van der Waals surface area contributed by atoms with Crippen LogP contribution in [0.3, 0.4) is 0 Å². The number of nitrogens with one attached hydrogen (secondary N) is 1. The molecule has 0 bridgehead atoms. The zero-order valence-corrected chi connectivity index (χ0v) is 13.8. The molecule has 2 rings (SSSR count). The van der Waals surface area contributed by atoms with Crippen LogP contribution in [0.1, 0.15) is 18.1 Å². The van der Waals surface area contributed by atoms with Gasteiger partial charge in [-0.1, -0.05) is 24.3 Å². The van der Waals surface area contributed by atoms with Crippen molar-refractivity contribution < 1.29 is 4.79 Å². The lowest BCUT2D eigenvalue weighted by atomic mass is 10.0. The average molecular weight is 333 g/mol. The summed E-state index contributed by atoms with van der Waals surface area (Å²) < 4.78 is 0. The fraction of sp³-hybridized carbons (Fsp3) is 0.176. The number of amides is 1. The van der Waals surface area contributed by atoms with Crippen molar-refractivity contribution in [2.75, 3.05) is 5.32 Å². The van der Waals surface area contributed by atoms with E-state index in [1.165, 1.54) is 18.1 Å². The van der Waals surface area contributed by atoms with E-state index >= 15 is 0 Å². The summed E-state index contributed by atoms with van der Waals surface area (Å²) in [7, 11) is 0. The fourth-order valence-corrected chi connectivity index (χ4v) is 2.18. The van der Waals surface area contributed by atoms with Gasteiger partial charge >= 0.3 is 0 Å². The third-order valence-electron chi connectivity index (χ3n) is 3.14. The van der Waals surface area contributed by atoms with Crippen LogP contribution in [0.25, 0.3) is 0 Å². The van der Waals surface area contributed by atoms with Gasteiger partial charge in [0.2, 0.25) is 5.91 Å². The van der Waals surface area contributed by atoms with Crippen LogP contribution < -0.4 is 16.8 Å². The fourth-order valence-electron chi connectivity index (χ4n) is 2.18. The molecular formula is C17H21ClN4O. The van der Waals surface area contributed by atoms with Gasteiger partial charge in [-0.15, -0.1) is 12.4 Å². The number of nitrogens with zero attached hydrogens (tertiary/aromatic N) is 1. The monoisotopic (exact) mass is 332 g/mol. The van der Waals surface area contributed by atoms with Crippen molar-refractivity contribution in [2.24, 2.45) is 16.5 Å². The van der Waals surface area contributed by atoms with E-state index in [0.29, 0.717) is 0 Å². The first-order valence-corrected chi connectivity index (χ1v) is 7.08. The van der Waals surface area contributed by atoms with Crippen molar-refractivity contribution in [1.82, 2.24) is 0 Å². The Balaban J connectivity index is 0.00000264. The van der Waals surface area contributed by atoms with E-state index in [-0.39, 0.29) is 24.3 Å². The third kappa shape index (κ3) is 6.40. The number of benzene rings is 2. The smallest absolute Gasteiger partial charge is 0.221 e. The highest BCUT2D eigenvalue weighted by Crippen LogP contribution is 2.16. The number of carbonyl (C=O) groups excluding carboxylic acids is 1. The number of carbonyl (C=O) groups is 1. The highest BCUT2D eigenvalue weighted by atomic mass is 35.5. The van der Waals surface area contributed by atoms with E-state index < -0.39 is 0 Å². The summed E-state index contributed by atoms with van der Waals surface area (Å²) >= 11 is 0. The SMILES string of the molecule is CC(=O)Nc1cccc(CCc2ccc(N=C(N)N)cc2)c1.Cl. The summed E-state index contributed by atoms with van der Waals surface area (Å²) in [6.07, 6.45) is 1.81. The van der Waals surface area contributed by atoms with Crippen molar-refractivity contribution >= 4 is 35.6 Å². The van der Waals surface area contributed by atoms with Gasteiger partial charge in [-0.3, -0.25) is 4.79 Å². The van der Waals surface area contributed by atoms with Gasteiger partial charge in [0.05, 0.1) is 5.69 Å². The maximum atomic E-state index is 11.1. The van der Waals surface area contributed by atoms with Crippen LogP contribution in [-0.2, 0) is 17.6 Å². The number of nitrogens with two attached hydrogens (primary N) is 2. The van der Waals surface area contributed by atoms with E-state index in [9.17, 15) is 4.79 Å². The molecule has 2 aromatic rings. The largest absolute Gasteiger partial charge is 0.370 e. The number of aliphatic imine (C=N–C) groups is 1. The molecule has 0 atom stereocenters. The van der Waals surface area contributed by atoms with Gasteiger partial charge < -0.3 is 16.8 Å². The molecule has 122 valence electrons. The predicted octanol–water partition coefficient (Wildman–Crippen LogP) is 2.76. The van der Waals surface area contributed by atoms with Crippen molar-refractivity contribution in [1.29, 1.82) is 0 Å². The standard InChI is InChI=1S/C17H20N4O.ClH/c1-12(22)20-16-4-2-3-14(11-16)6-5-13-7-9-15(10-8-13)21-17(18)19;/h2-4,7-11H,5-6H2,1H3,(H,20,22)(H4,18,19,21);1H. The minimum atomic E-state index is -0.0625. The summed E-state index contributed by atoms with van der Waals surface area (Å²) in [4.78, 5) is 15.1. The Bertz CT molecular complexity index is 679. The molecule has 0 saturated heterocycles. The molecule has 6 heteroatoms. The second-order valence-corrected chi connectivity index (χ2v) is 5.08. The van der Waals surface area contributed by atoms with Crippen LogP contribution in [0.15, 0.2) is 53.5 Å². The number of halogens is 1. The average Bonchev–Trinajstić information content (AvgIpc) is 2.46. The molecule has 0 aliphatic rings. The van der Waals surface area contributed by atoms with Crippen molar-refractivity contribution in [2.45, 2.75) is 19.8 Å². The minimum Gasteiger partial charge on any atom is -0.370 e. The summed E-state index contributed by atoms with van der Waals surface area (Å²) in [6.45, 7) is 1.50. The lowest BCUT2D eigenvalue weighted by Crippen LogP contribution is -2.21. The lowest BCUT2D eigenvalue weighted by Gasteiger charge is -2.06. The molecule has 0 unspecified atom stereocenters. The molecule has 0 spiro atoms. The molecule has 0 aliphatic heterocycles. The van der Waals surface area contributed by atoms with E-state index in [0.717, 1.165) is 24.2 Å². The Morgan fingerprint density at radius 3 is 2.30 bits per heavy atom. The Kier molecular flexibility index (Phi) is 7.09. The van der Waals surface area contributed by atoms with E-state index in [4.69, 9.17) is 11.5 Å². The third-order valence-corrected chi connectivity index (χ3v) is 3.14. The molecule has 5 nitrogen and oxygen atoms in total. The van der Waals surface area contributed by atoms with E-state index in [2.05, 4.69) is 16.4 Å². The normalized spacial score (nSPS) is 9.61. The van der Waals surface area contributed by atoms with Crippen LogP contribution >= 0.6 is 12.4 Å². The lowest BCUT2D eigenvalue weighted by molar-refractivity contribution is -0.114. The highest BCUT2D eigenvalue weighted by Gasteiger charge is 2.00. The van der Waals surface area contributed by atoms with Gasteiger partial charge in [0.1, 0.15) is 0 Å². The van der Waals surface area contributed by atoms with Gasteiger partial charge in [-0.25, -0.2) is 4.99 Å². The molecule has 0 saturated carbocycles. The number of anilines is 1. The molecular weight excluding hydrogens is 312 g/mol. The molecule has 0 fully saturated rings. The van der Waals surface area contributed by atoms with E-state index in [1.807, 2.05) is 42.5 Å². The van der Waals surface area contributed by atoms with Crippen LogP contribution in [0.4, 0.5) is 11.4 Å². The molecule has 1 amide bonds. The predicted molar refractivity (Wildman–Crippen MR) is 97.3 cm³/mol. The Morgan fingerprint density at radius 1 is 1.04 bits per heavy atom. The second-order valence-electron chi connectivity index (χ2n) is 5.08. The van der Waals surface area contributed by atoms with Gasteiger partial charge in [-0.05, 0) is 48.2 Å². The summed E-state index contributed by atoms with van der Waals surface area (Å²) in [6, 6.07) is 15.7. The number of rotatable bonds is 5. The first kappa shape index (κ1) is 18.5. The van der Waals surface area contributed by atoms with Gasteiger partial charge in [0.25, 0.3) is 0 Å². The molecule has 23 heavy (non-hydrogen) atoms. The quantitative estimate of drug-likeness (QED) is 0.580. The summed E-state index contributed by atoms with van der Waals surface area (Å²) in [5, 5.41) is 2.79. The Morgan fingerprint density at radius 2 is 1.70 bits per heavy atom. The Hall–Kier alpha value is -2.53. The van der Waals surface area contributed by atoms with Gasteiger partial charge in [0, 0.05) is 12.6 Å². The first-order valence-electron chi connectivity index (χ1n) is 7.08. The molecule has 0 radical (unpaired) electrons. The van der Waals surface area contributed by atoms with Crippen LogP contribution in [-0.4, -0.2) is 11.9 Å². The summed E-state index contributed by atoms with van der Waals surface area (Å²) in [5.41, 5.74) is 14.6. The molecule has 2 aromatic carbocycles. The van der Waals surface area contributed by atoms with Crippen molar-refractivity contribution in [3.05, 3.63) is 59.7 Å². The van der Waals surface area contributed by atoms with Crippen LogP contribution in [0.2, 0.25) is 0 Å². The van der Waals surface area contributed by atoms with Gasteiger partial charge in [-0.2, -0.15) is 0 Å². The summed E-state index contributed by atoms with van der Waals surface area (Å²) in [5.74, 6) is -0.00462. The zero-order valence-electron chi connectivity index (χ0n) is 13.0. The highest BCUT2D eigenvalue weighted by molar-refractivity contribution is 5.88. The first-order chi connectivity index (χ1) is 10.5. The molecule has 0 heterocycles. The van der Waals surface area contributed by atoms with E-state index in [1.54, 1.807) is 0 Å². The maximum Gasteiger partial charge on any atom is 0.221 e. The molecule has 5 N–H and O–H groups in total. The van der Waals surface area contributed by atoms with Crippen LogP contribution in [0.5, 0.6) is 0 Å². The number of hydrogen-bond acceptors (Lipinski definition) is 2. The molecule has 0 aliphatic carbocycles. The topological polar surface area (TPSA) is 93.5 Å². The Labute approximate surface area is 142 Å². The maximum absolute atomic E-state index is 11.1. The number of hydrogen-bond donors (Lipinski definition) is 3. The zero-order chi connectivity index (χ0) is 15.9. The second kappa shape index (κ2) is 8.80. The van der Waals surface area contributed by atoms with Gasteiger partial charge in [0.15, 0.2) is 5.96 Å². The van der Waals surface area contributed by atoms with Crippen LogP contribution in [0, 0.1) is 0 Å². The number of guanidine groups is 1. The van der Waals surface area contributed by atoms with Crippen molar-refractivity contribution in [3.63, 3.8) is 0 Å². The minimum absolute atomic E-state index is 0. The molecule has 0 aromatic heterocycles. The van der Waals surface area contributed by atoms with Crippen molar-refractivity contribution in [3.8, 4) is 0 Å².